The van der Waals surface area contributed by atoms with E-state index in [1.54, 1.807) is 12.1 Å². The Morgan fingerprint density at radius 1 is 1.23 bits per heavy atom. The molecule has 0 aliphatic carbocycles. The van der Waals surface area contributed by atoms with Crippen LogP contribution in [0.15, 0.2) is 24.3 Å². The molecule has 3 rings (SSSR count). The lowest BCUT2D eigenvalue weighted by molar-refractivity contribution is -0.134. The quantitative estimate of drug-likeness (QED) is 0.833. The highest BCUT2D eigenvalue weighted by molar-refractivity contribution is 5.85. The highest BCUT2D eigenvalue weighted by Crippen LogP contribution is 2.27. The second kappa shape index (κ2) is 10.3. The molecule has 0 aromatic heterocycles. The van der Waals surface area contributed by atoms with Crippen LogP contribution in [-0.4, -0.2) is 37.0 Å². The van der Waals surface area contributed by atoms with Crippen LogP contribution in [0.25, 0.3) is 0 Å². The van der Waals surface area contributed by atoms with E-state index in [9.17, 15) is 9.18 Å². The normalized spacial score (nSPS) is 20.5. The SMILES string of the molecule is CC(CC(=O)N1CCC(Cc2cccc(F)c2)CC1)C1CCNCC1.Cl. The Hall–Kier alpha value is -1.13. The maximum atomic E-state index is 13.3. The molecule has 5 heteroatoms. The molecule has 1 N–H and O–H groups in total. The highest BCUT2D eigenvalue weighted by Gasteiger charge is 2.27. The summed E-state index contributed by atoms with van der Waals surface area (Å²) < 4.78 is 13.3. The van der Waals surface area contributed by atoms with Crippen molar-refractivity contribution in [1.29, 1.82) is 0 Å². The molecular weight excluding hydrogens is 351 g/mol. The van der Waals surface area contributed by atoms with Crippen molar-refractivity contribution in [2.45, 2.75) is 45.4 Å². The lowest BCUT2D eigenvalue weighted by atomic mass is 9.83. The first-order valence-electron chi connectivity index (χ1n) is 9.84. The summed E-state index contributed by atoms with van der Waals surface area (Å²) >= 11 is 0. The Kier molecular flexibility index (Phi) is 8.36. The average Bonchev–Trinajstić information content (AvgIpc) is 2.63. The zero-order valence-corrected chi connectivity index (χ0v) is 16.6. The molecule has 2 aliphatic rings. The van der Waals surface area contributed by atoms with Crippen molar-refractivity contribution in [1.82, 2.24) is 10.2 Å². The van der Waals surface area contributed by atoms with Crippen LogP contribution in [0, 0.1) is 23.6 Å². The van der Waals surface area contributed by atoms with Crippen molar-refractivity contribution in [3.8, 4) is 0 Å². The summed E-state index contributed by atoms with van der Waals surface area (Å²) in [6.45, 7) is 6.14. The predicted molar refractivity (Wildman–Crippen MR) is 106 cm³/mol. The zero-order chi connectivity index (χ0) is 17.6. The maximum absolute atomic E-state index is 13.3. The minimum atomic E-state index is -0.156. The van der Waals surface area contributed by atoms with Crippen LogP contribution in [0.4, 0.5) is 4.39 Å². The van der Waals surface area contributed by atoms with Crippen LogP contribution in [-0.2, 0) is 11.2 Å². The fourth-order valence-electron chi connectivity index (χ4n) is 4.37. The van der Waals surface area contributed by atoms with Crippen LogP contribution >= 0.6 is 12.4 Å². The molecule has 1 atom stereocenters. The third-order valence-corrected chi connectivity index (χ3v) is 6.07. The van der Waals surface area contributed by atoms with E-state index in [2.05, 4.69) is 17.1 Å². The second-order valence-corrected chi connectivity index (χ2v) is 7.93. The number of carbonyl (C=O) groups excluding carboxylic acids is 1. The van der Waals surface area contributed by atoms with Crippen molar-refractivity contribution >= 4 is 18.3 Å². The van der Waals surface area contributed by atoms with Crippen LogP contribution in [0.1, 0.15) is 44.6 Å². The number of nitrogens with one attached hydrogen (secondary N) is 1. The minimum Gasteiger partial charge on any atom is -0.343 e. The summed E-state index contributed by atoms with van der Waals surface area (Å²) in [4.78, 5) is 14.7. The summed E-state index contributed by atoms with van der Waals surface area (Å²) in [6, 6.07) is 6.92. The molecule has 2 aliphatic heterocycles. The first kappa shape index (κ1) is 21.2. The number of carbonyl (C=O) groups is 1. The Labute approximate surface area is 163 Å². The van der Waals surface area contributed by atoms with E-state index in [1.165, 1.54) is 18.9 Å². The van der Waals surface area contributed by atoms with Gasteiger partial charge in [-0.25, -0.2) is 4.39 Å². The molecule has 1 unspecified atom stereocenters. The molecule has 146 valence electrons. The van der Waals surface area contributed by atoms with Gasteiger partial charge in [0.15, 0.2) is 0 Å². The minimum absolute atomic E-state index is 0. The lowest BCUT2D eigenvalue weighted by Crippen LogP contribution is -2.40. The van der Waals surface area contributed by atoms with Gasteiger partial charge in [0.05, 0.1) is 0 Å². The molecule has 0 bridgehead atoms. The highest BCUT2D eigenvalue weighted by atomic mass is 35.5. The van der Waals surface area contributed by atoms with Crippen molar-refractivity contribution in [2.75, 3.05) is 26.2 Å². The molecule has 2 saturated heterocycles. The van der Waals surface area contributed by atoms with E-state index in [0.29, 0.717) is 30.1 Å². The molecule has 0 radical (unpaired) electrons. The van der Waals surface area contributed by atoms with Crippen LogP contribution in [0.5, 0.6) is 0 Å². The number of halogens is 2. The zero-order valence-electron chi connectivity index (χ0n) is 15.8. The molecule has 0 saturated carbocycles. The maximum Gasteiger partial charge on any atom is 0.222 e. The number of amides is 1. The van der Waals surface area contributed by atoms with E-state index in [1.807, 2.05) is 6.07 Å². The van der Waals surface area contributed by atoms with E-state index < -0.39 is 0 Å². The van der Waals surface area contributed by atoms with Crippen molar-refractivity contribution in [3.63, 3.8) is 0 Å². The van der Waals surface area contributed by atoms with Gasteiger partial charge in [-0.15, -0.1) is 12.4 Å². The molecule has 1 aromatic rings. The topological polar surface area (TPSA) is 32.3 Å². The monoisotopic (exact) mass is 382 g/mol. The number of rotatable bonds is 5. The van der Waals surface area contributed by atoms with Gasteiger partial charge in [-0.2, -0.15) is 0 Å². The third kappa shape index (κ3) is 5.95. The number of nitrogens with zero attached hydrogens (tertiary/aromatic N) is 1. The van der Waals surface area contributed by atoms with E-state index in [-0.39, 0.29) is 18.2 Å². The van der Waals surface area contributed by atoms with E-state index >= 15 is 0 Å². The van der Waals surface area contributed by atoms with Crippen molar-refractivity contribution in [2.24, 2.45) is 17.8 Å². The largest absolute Gasteiger partial charge is 0.343 e. The van der Waals surface area contributed by atoms with E-state index in [0.717, 1.165) is 51.0 Å². The molecular formula is C21H32ClFN2O. The van der Waals surface area contributed by atoms with Crippen LogP contribution in [0.2, 0.25) is 0 Å². The summed E-state index contributed by atoms with van der Waals surface area (Å²) in [5, 5.41) is 3.40. The number of piperidine rings is 2. The molecule has 26 heavy (non-hydrogen) atoms. The van der Waals surface area contributed by atoms with Crippen molar-refractivity contribution < 1.29 is 9.18 Å². The van der Waals surface area contributed by atoms with Gasteiger partial charge in [0, 0.05) is 19.5 Å². The first-order chi connectivity index (χ1) is 12.1. The molecule has 2 heterocycles. The summed E-state index contributed by atoms with van der Waals surface area (Å²) in [5.41, 5.74) is 1.07. The van der Waals surface area contributed by atoms with Crippen LogP contribution < -0.4 is 5.32 Å². The summed E-state index contributed by atoms with van der Waals surface area (Å²) in [7, 11) is 0. The van der Waals surface area contributed by atoms with Gasteiger partial charge in [-0.3, -0.25) is 4.79 Å². The molecule has 2 fully saturated rings. The average molecular weight is 383 g/mol. The summed E-state index contributed by atoms with van der Waals surface area (Å²) in [6.07, 6.45) is 6.08. The first-order valence-corrected chi connectivity index (χ1v) is 9.84. The number of hydrogen-bond acceptors (Lipinski definition) is 2. The Morgan fingerprint density at radius 2 is 1.92 bits per heavy atom. The second-order valence-electron chi connectivity index (χ2n) is 7.93. The smallest absolute Gasteiger partial charge is 0.222 e. The van der Waals surface area contributed by atoms with Gasteiger partial charge in [-0.1, -0.05) is 19.1 Å². The van der Waals surface area contributed by atoms with Gasteiger partial charge in [0.2, 0.25) is 5.91 Å². The Morgan fingerprint density at radius 3 is 2.58 bits per heavy atom. The Balaban J connectivity index is 0.00000243. The van der Waals surface area contributed by atoms with Gasteiger partial charge < -0.3 is 10.2 Å². The van der Waals surface area contributed by atoms with E-state index in [4.69, 9.17) is 0 Å². The number of benzene rings is 1. The number of likely N-dealkylation sites (tertiary alicyclic amines) is 1. The molecule has 0 spiro atoms. The van der Waals surface area contributed by atoms with Gasteiger partial charge in [0.25, 0.3) is 0 Å². The molecule has 3 nitrogen and oxygen atoms in total. The van der Waals surface area contributed by atoms with Crippen molar-refractivity contribution in [3.05, 3.63) is 35.6 Å². The Bertz CT molecular complexity index is 569. The van der Waals surface area contributed by atoms with Gasteiger partial charge in [0.1, 0.15) is 5.82 Å². The fourth-order valence-corrected chi connectivity index (χ4v) is 4.37. The van der Waals surface area contributed by atoms with Gasteiger partial charge in [-0.05, 0) is 80.6 Å². The standard InChI is InChI=1S/C21H31FN2O.ClH/c1-16(19-5-9-23-10-6-19)13-21(25)24-11-7-17(8-12-24)14-18-3-2-4-20(22)15-18;/h2-4,15-17,19,23H,5-14H2,1H3;1H. The predicted octanol–water partition coefficient (Wildman–Crippen LogP) is 4.05. The molecule has 1 amide bonds. The summed E-state index contributed by atoms with van der Waals surface area (Å²) in [5.74, 6) is 1.91. The van der Waals surface area contributed by atoms with Crippen LogP contribution in [0.3, 0.4) is 0 Å². The number of hydrogen-bond donors (Lipinski definition) is 1. The lowest BCUT2D eigenvalue weighted by Gasteiger charge is -2.34. The van der Waals surface area contributed by atoms with Gasteiger partial charge >= 0.3 is 0 Å². The fraction of sp³-hybridized carbons (Fsp3) is 0.667. The third-order valence-electron chi connectivity index (χ3n) is 6.07. The molecule has 1 aromatic carbocycles.